The maximum absolute atomic E-state index is 7.78. The van der Waals surface area contributed by atoms with Crippen molar-refractivity contribution in [2.45, 2.75) is 12.8 Å². The van der Waals surface area contributed by atoms with E-state index < -0.39 is 0 Å². The van der Waals surface area contributed by atoms with Crippen molar-refractivity contribution in [3.05, 3.63) is 6.92 Å². The van der Waals surface area contributed by atoms with Crippen LogP contribution in [0.1, 0.15) is 12.8 Å². The molecule has 0 N–H and O–H groups in total. The molecule has 1 nitrogen and oxygen atoms in total. The van der Waals surface area contributed by atoms with Crippen molar-refractivity contribution >= 4 is 0 Å². The average Bonchev–Trinajstić information content (AvgIpc) is 1.41. The molecule has 0 saturated carbocycles. The van der Waals surface area contributed by atoms with Gasteiger partial charge in [0.1, 0.15) is 0 Å². The quantitative estimate of drug-likeness (QED) is 0.400. The first-order valence-corrected chi connectivity index (χ1v) is 1.58. The normalized spacial score (nSPS) is 4.57. The summed E-state index contributed by atoms with van der Waals surface area (Å²) in [6.45, 7) is 3.45. The van der Waals surface area contributed by atoms with Gasteiger partial charge in [0.25, 0.3) is 0 Å². The minimum Gasteiger partial charge on any atom is -1.00 e. The predicted octanol–water partition coefficient (Wildman–Crippen LogP) is -1.87. The fourth-order valence-electron chi connectivity index (χ4n) is 0.0791. The number of unbranched alkanes of at least 4 members (excludes halogenated alkanes) is 1. The van der Waals surface area contributed by atoms with Gasteiger partial charge in [-0.05, 0) is 6.42 Å². The van der Waals surface area contributed by atoms with Crippen LogP contribution < -0.4 is 24.0 Å². The summed E-state index contributed by atoms with van der Waals surface area (Å²) in [5, 5.41) is 7.78. The predicted molar refractivity (Wildman–Crippen MR) is 20.2 cm³/mol. The van der Waals surface area contributed by atoms with E-state index in [4.69, 9.17) is 5.26 Å². The Morgan fingerprint density at radius 2 is 2.00 bits per heavy atom. The topological polar surface area (TPSA) is 23.8 Å². The average molecular weight is 260 g/mol. The molecule has 0 heterocycles. The molecule has 0 rings (SSSR count). The van der Waals surface area contributed by atoms with Gasteiger partial charge in [0, 0.05) is 25.9 Å². The molecule has 37 valence electrons. The van der Waals surface area contributed by atoms with E-state index >= 15 is 0 Å². The molecular weight excluding hydrogens is 254 g/mol. The van der Waals surface area contributed by atoms with E-state index in [9.17, 15) is 0 Å². The van der Waals surface area contributed by atoms with E-state index in [2.05, 4.69) is 6.92 Å². The minimum absolute atomic E-state index is 0. The van der Waals surface area contributed by atoms with Gasteiger partial charge in [-0.25, -0.2) is 0 Å². The largest absolute Gasteiger partial charge is 1.00 e. The zero-order chi connectivity index (χ0) is 4.12. The molecule has 0 bridgehead atoms. The third-order valence-electron chi connectivity index (χ3n) is 0.289. The summed E-state index contributed by atoms with van der Waals surface area (Å²) in [5.41, 5.74) is 0. The van der Waals surface area contributed by atoms with Gasteiger partial charge in [0.2, 0.25) is 0 Å². The SMILES string of the molecule is [CH2]CCC#N.[I-].[Zn]. The van der Waals surface area contributed by atoms with Gasteiger partial charge in [-0.15, -0.1) is 0 Å². The second-order valence-corrected chi connectivity index (χ2v) is 0.762. The van der Waals surface area contributed by atoms with E-state index in [1.54, 1.807) is 0 Å². The Labute approximate surface area is 74.3 Å². The summed E-state index contributed by atoms with van der Waals surface area (Å²) in [5.74, 6) is 0. The number of nitriles is 1. The third kappa shape index (κ3) is 19.9. The first kappa shape index (κ1) is 15.7. The summed E-state index contributed by atoms with van der Waals surface area (Å²) in [7, 11) is 0. The second-order valence-electron chi connectivity index (χ2n) is 0.762. The van der Waals surface area contributed by atoms with Crippen LogP contribution in [0.3, 0.4) is 0 Å². The van der Waals surface area contributed by atoms with Crippen molar-refractivity contribution in [3.8, 4) is 6.07 Å². The summed E-state index contributed by atoms with van der Waals surface area (Å²) in [4.78, 5) is 0. The van der Waals surface area contributed by atoms with E-state index in [0.717, 1.165) is 6.42 Å². The fraction of sp³-hybridized carbons (Fsp3) is 0.500. The van der Waals surface area contributed by atoms with Crippen LogP contribution in [0.15, 0.2) is 0 Å². The van der Waals surface area contributed by atoms with Crippen LogP contribution in [-0.2, 0) is 19.5 Å². The van der Waals surface area contributed by atoms with Crippen LogP contribution in [0.25, 0.3) is 0 Å². The molecule has 0 unspecified atom stereocenters. The number of hydrogen-bond donors (Lipinski definition) is 0. The van der Waals surface area contributed by atoms with Crippen LogP contribution >= 0.6 is 0 Å². The smallest absolute Gasteiger partial charge is 0.0621 e. The number of nitrogens with zero attached hydrogens (tertiary/aromatic N) is 1. The fourth-order valence-corrected chi connectivity index (χ4v) is 0.0791. The van der Waals surface area contributed by atoms with Gasteiger partial charge in [-0.2, -0.15) is 5.26 Å². The second kappa shape index (κ2) is 15.8. The molecule has 0 aliphatic carbocycles. The Balaban J connectivity index is -0.0000000800. The zero-order valence-electron chi connectivity index (χ0n) is 4.15. The Hall–Kier alpha value is 0.843. The molecule has 7 heavy (non-hydrogen) atoms. The first-order chi connectivity index (χ1) is 2.41. The van der Waals surface area contributed by atoms with Crippen molar-refractivity contribution < 1.29 is 43.5 Å². The van der Waals surface area contributed by atoms with Crippen molar-refractivity contribution in [1.29, 1.82) is 5.26 Å². The van der Waals surface area contributed by atoms with Gasteiger partial charge in [0.15, 0.2) is 0 Å². The Bertz CT molecular complexity index is 50.1. The van der Waals surface area contributed by atoms with Crippen LogP contribution in [0, 0.1) is 18.3 Å². The Morgan fingerprint density at radius 3 is 2.00 bits per heavy atom. The third-order valence-corrected chi connectivity index (χ3v) is 0.289. The molecule has 0 aliphatic rings. The standard InChI is InChI=1S/C4H6N.HI.Zn/c1-2-3-4-5;;/h1-3H2;1H;/p-1. The van der Waals surface area contributed by atoms with Crippen LogP contribution in [-0.4, -0.2) is 0 Å². The molecular formula is C4H6INZn-. The van der Waals surface area contributed by atoms with Crippen LogP contribution in [0.4, 0.5) is 0 Å². The summed E-state index contributed by atoms with van der Waals surface area (Å²) < 4.78 is 0. The maximum atomic E-state index is 7.78. The summed E-state index contributed by atoms with van der Waals surface area (Å²) >= 11 is 0. The molecule has 0 atom stereocenters. The van der Waals surface area contributed by atoms with Gasteiger partial charge in [-0.1, -0.05) is 6.92 Å². The van der Waals surface area contributed by atoms with E-state index in [0.29, 0.717) is 6.42 Å². The molecule has 0 spiro atoms. The monoisotopic (exact) mass is 259 g/mol. The first-order valence-electron chi connectivity index (χ1n) is 1.58. The van der Waals surface area contributed by atoms with E-state index in [1.807, 2.05) is 6.07 Å². The summed E-state index contributed by atoms with van der Waals surface area (Å²) in [6.07, 6.45) is 1.32. The van der Waals surface area contributed by atoms with Gasteiger partial charge in [0.05, 0.1) is 6.07 Å². The molecule has 0 amide bonds. The van der Waals surface area contributed by atoms with Gasteiger partial charge >= 0.3 is 0 Å². The molecule has 0 aromatic rings. The molecule has 0 aromatic heterocycles. The Kier molecular flexibility index (Phi) is 35.4. The maximum Gasteiger partial charge on any atom is 0.0621 e. The van der Waals surface area contributed by atoms with Crippen molar-refractivity contribution in [2.75, 3.05) is 0 Å². The number of rotatable bonds is 1. The minimum atomic E-state index is 0. The molecule has 3 heteroatoms. The Morgan fingerprint density at radius 1 is 1.57 bits per heavy atom. The van der Waals surface area contributed by atoms with Crippen molar-refractivity contribution in [2.24, 2.45) is 0 Å². The molecule has 0 saturated heterocycles. The van der Waals surface area contributed by atoms with E-state index in [1.165, 1.54) is 0 Å². The van der Waals surface area contributed by atoms with Crippen LogP contribution in [0.2, 0.25) is 0 Å². The van der Waals surface area contributed by atoms with Gasteiger partial charge < -0.3 is 24.0 Å². The van der Waals surface area contributed by atoms with E-state index in [-0.39, 0.29) is 43.5 Å². The van der Waals surface area contributed by atoms with Crippen molar-refractivity contribution in [1.82, 2.24) is 0 Å². The van der Waals surface area contributed by atoms with Crippen molar-refractivity contribution in [3.63, 3.8) is 0 Å². The molecule has 1 radical (unpaired) electrons. The van der Waals surface area contributed by atoms with Crippen LogP contribution in [0.5, 0.6) is 0 Å². The molecule has 0 aliphatic heterocycles. The van der Waals surface area contributed by atoms with Gasteiger partial charge in [-0.3, -0.25) is 0 Å². The zero-order valence-corrected chi connectivity index (χ0v) is 9.28. The molecule has 0 aromatic carbocycles. The molecule has 0 fully saturated rings. The summed E-state index contributed by atoms with van der Waals surface area (Å²) in [6, 6.07) is 1.95. The number of hydrogen-bond acceptors (Lipinski definition) is 1. The number of halogens is 1.